The Hall–Kier alpha value is -3.60. The number of nitrogens with zero attached hydrogens (tertiary/aromatic N) is 1. The standard InChI is InChI=1S/C23H23N3O2/c1-2-26(19-13-7-4-8-14-19)17-22(27)25-21-16-10-9-15-20(21)23(28)24-18-11-5-3-6-12-18/h3-16H,2,17H2,1H3,(H,24,28)(H,25,27). The normalized spacial score (nSPS) is 10.2. The highest BCUT2D eigenvalue weighted by atomic mass is 16.2. The maximum absolute atomic E-state index is 12.6. The second-order valence-electron chi connectivity index (χ2n) is 6.26. The van der Waals surface area contributed by atoms with E-state index >= 15 is 0 Å². The van der Waals surface area contributed by atoms with E-state index in [1.807, 2.05) is 72.5 Å². The van der Waals surface area contributed by atoms with Gasteiger partial charge in [-0.2, -0.15) is 0 Å². The van der Waals surface area contributed by atoms with Gasteiger partial charge < -0.3 is 15.5 Å². The highest BCUT2D eigenvalue weighted by Gasteiger charge is 2.15. The van der Waals surface area contributed by atoms with Gasteiger partial charge in [0, 0.05) is 17.9 Å². The molecule has 3 aromatic rings. The third-order valence-corrected chi connectivity index (χ3v) is 4.31. The number of carbonyl (C=O) groups excluding carboxylic acids is 2. The molecule has 0 fully saturated rings. The van der Waals surface area contributed by atoms with E-state index in [-0.39, 0.29) is 18.4 Å². The van der Waals surface area contributed by atoms with Gasteiger partial charge in [0.1, 0.15) is 0 Å². The largest absolute Gasteiger partial charge is 0.362 e. The zero-order valence-corrected chi connectivity index (χ0v) is 15.8. The Bertz CT molecular complexity index is 927. The Kier molecular flexibility index (Phi) is 6.41. The van der Waals surface area contributed by atoms with Gasteiger partial charge in [-0.15, -0.1) is 0 Å². The van der Waals surface area contributed by atoms with Crippen LogP contribution in [0.5, 0.6) is 0 Å². The molecular formula is C23H23N3O2. The molecule has 0 aliphatic heterocycles. The van der Waals surface area contributed by atoms with E-state index in [2.05, 4.69) is 10.6 Å². The summed E-state index contributed by atoms with van der Waals surface area (Å²) >= 11 is 0. The number of benzene rings is 3. The zero-order valence-electron chi connectivity index (χ0n) is 15.8. The molecule has 3 rings (SSSR count). The SMILES string of the molecule is CCN(CC(=O)Nc1ccccc1C(=O)Nc1ccccc1)c1ccccc1. The van der Waals surface area contributed by atoms with Crippen LogP contribution >= 0.6 is 0 Å². The number of rotatable bonds is 7. The summed E-state index contributed by atoms with van der Waals surface area (Å²) in [6, 6.07) is 26.0. The number of carbonyl (C=O) groups is 2. The number of nitrogens with one attached hydrogen (secondary N) is 2. The van der Waals surface area contributed by atoms with Crippen LogP contribution in [-0.2, 0) is 4.79 Å². The average Bonchev–Trinajstić information content (AvgIpc) is 2.73. The lowest BCUT2D eigenvalue weighted by Crippen LogP contribution is -2.33. The van der Waals surface area contributed by atoms with Gasteiger partial charge in [-0.05, 0) is 43.3 Å². The van der Waals surface area contributed by atoms with Crippen LogP contribution in [0.4, 0.5) is 17.1 Å². The fourth-order valence-electron chi connectivity index (χ4n) is 2.90. The van der Waals surface area contributed by atoms with E-state index in [4.69, 9.17) is 0 Å². The van der Waals surface area contributed by atoms with E-state index in [0.29, 0.717) is 23.5 Å². The van der Waals surface area contributed by atoms with Crippen molar-refractivity contribution in [2.24, 2.45) is 0 Å². The van der Waals surface area contributed by atoms with E-state index in [0.717, 1.165) is 5.69 Å². The first-order valence-corrected chi connectivity index (χ1v) is 9.22. The number of likely N-dealkylation sites (N-methyl/N-ethyl adjacent to an activating group) is 1. The van der Waals surface area contributed by atoms with Crippen molar-refractivity contribution in [3.8, 4) is 0 Å². The van der Waals surface area contributed by atoms with Crippen LogP contribution in [0.3, 0.4) is 0 Å². The quantitative estimate of drug-likeness (QED) is 0.645. The zero-order chi connectivity index (χ0) is 19.8. The van der Waals surface area contributed by atoms with E-state index in [1.165, 1.54) is 0 Å². The predicted molar refractivity (Wildman–Crippen MR) is 114 cm³/mol. The number of hydrogen-bond acceptors (Lipinski definition) is 3. The Morgan fingerprint density at radius 1 is 0.786 bits per heavy atom. The minimum Gasteiger partial charge on any atom is -0.362 e. The number of para-hydroxylation sites is 3. The van der Waals surface area contributed by atoms with Gasteiger partial charge in [0.15, 0.2) is 0 Å². The molecule has 3 aromatic carbocycles. The lowest BCUT2D eigenvalue weighted by atomic mass is 10.1. The summed E-state index contributed by atoms with van der Waals surface area (Å²) in [5.74, 6) is -0.442. The molecule has 2 amide bonds. The second kappa shape index (κ2) is 9.37. The average molecular weight is 373 g/mol. The molecule has 0 aliphatic carbocycles. The highest BCUT2D eigenvalue weighted by Crippen LogP contribution is 2.18. The Morgan fingerprint density at radius 2 is 1.39 bits per heavy atom. The van der Waals surface area contributed by atoms with Gasteiger partial charge in [-0.25, -0.2) is 0 Å². The van der Waals surface area contributed by atoms with Crippen LogP contribution in [0.1, 0.15) is 17.3 Å². The van der Waals surface area contributed by atoms with Crippen molar-refractivity contribution in [3.05, 3.63) is 90.5 Å². The molecule has 0 atom stereocenters. The first-order valence-electron chi connectivity index (χ1n) is 9.22. The molecule has 0 aromatic heterocycles. The monoisotopic (exact) mass is 373 g/mol. The number of amides is 2. The van der Waals surface area contributed by atoms with Crippen LogP contribution in [0.15, 0.2) is 84.9 Å². The van der Waals surface area contributed by atoms with Crippen LogP contribution in [0.25, 0.3) is 0 Å². The van der Waals surface area contributed by atoms with E-state index in [9.17, 15) is 9.59 Å². The molecule has 0 bridgehead atoms. The van der Waals surface area contributed by atoms with Crippen molar-refractivity contribution < 1.29 is 9.59 Å². The maximum Gasteiger partial charge on any atom is 0.257 e. The fraction of sp³-hybridized carbons (Fsp3) is 0.130. The maximum atomic E-state index is 12.6. The van der Waals surface area contributed by atoms with Crippen LogP contribution in [0, 0.1) is 0 Å². The summed E-state index contributed by atoms with van der Waals surface area (Å²) in [5, 5.41) is 5.72. The van der Waals surface area contributed by atoms with Gasteiger partial charge >= 0.3 is 0 Å². The highest BCUT2D eigenvalue weighted by molar-refractivity contribution is 6.10. The Morgan fingerprint density at radius 3 is 2.07 bits per heavy atom. The predicted octanol–water partition coefficient (Wildman–Crippen LogP) is 4.40. The Labute approximate surface area is 165 Å². The minimum atomic E-state index is -0.266. The van der Waals surface area contributed by atoms with Crippen LogP contribution < -0.4 is 15.5 Å². The molecule has 5 nitrogen and oxygen atoms in total. The summed E-state index contributed by atoms with van der Waals surface area (Å²) < 4.78 is 0. The lowest BCUT2D eigenvalue weighted by Gasteiger charge is -2.22. The van der Waals surface area contributed by atoms with Gasteiger partial charge in [0.2, 0.25) is 5.91 Å². The number of hydrogen-bond donors (Lipinski definition) is 2. The molecule has 5 heteroatoms. The first kappa shape index (κ1) is 19.2. The van der Waals surface area contributed by atoms with Crippen molar-refractivity contribution in [3.63, 3.8) is 0 Å². The summed E-state index contributed by atoms with van der Waals surface area (Å²) in [6.45, 7) is 2.91. The van der Waals surface area contributed by atoms with E-state index < -0.39 is 0 Å². The molecular weight excluding hydrogens is 350 g/mol. The van der Waals surface area contributed by atoms with Gasteiger partial charge in [0.25, 0.3) is 5.91 Å². The van der Waals surface area contributed by atoms with Crippen LogP contribution in [0.2, 0.25) is 0 Å². The molecule has 0 heterocycles. The number of anilines is 3. The third kappa shape index (κ3) is 4.98. The molecule has 0 radical (unpaired) electrons. The van der Waals surface area contributed by atoms with Gasteiger partial charge in [-0.1, -0.05) is 48.5 Å². The fourth-order valence-corrected chi connectivity index (χ4v) is 2.90. The third-order valence-electron chi connectivity index (χ3n) is 4.31. The topological polar surface area (TPSA) is 61.4 Å². The van der Waals surface area contributed by atoms with Crippen molar-refractivity contribution in [1.29, 1.82) is 0 Å². The summed E-state index contributed by atoms with van der Waals surface area (Å²) in [4.78, 5) is 27.2. The molecule has 2 N–H and O–H groups in total. The smallest absolute Gasteiger partial charge is 0.257 e. The molecule has 0 unspecified atom stereocenters. The molecule has 28 heavy (non-hydrogen) atoms. The van der Waals surface area contributed by atoms with Gasteiger partial charge in [-0.3, -0.25) is 9.59 Å². The molecule has 0 saturated heterocycles. The molecule has 0 aliphatic rings. The van der Waals surface area contributed by atoms with Gasteiger partial charge in [0.05, 0.1) is 17.8 Å². The van der Waals surface area contributed by atoms with E-state index in [1.54, 1.807) is 24.3 Å². The molecule has 0 spiro atoms. The Balaban J connectivity index is 1.70. The summed E-state index contributed by atoms with van der Waals surface area (Å²) in [7, 11) is 0. The minimum absolute atomic E-state index is 0.175. The summed E-state index contributed by atoms with van der Waals surface area (Å²) in [6.07, 6.45) is 0. The summed E-state index contributed by atoms with van der Waals surface area (Å²) in [5.41, 5.74) is 2.60. The van der Waals surface area contributed by atoms with Crippen LogP contribution in [-0.4, -0.2) is 24.9 Å². The van der Waals surface area contributed by atoms with Crippen molar-refractivity contribution >= 4 is 28.9 Å². The van der Waals surface area contributed by atoms with Crippen molar-refractivity contribution in [2.75, 3.05) is 28.6 Å². The lowest BCUT2D eigenvalue weighted by molar-refractivity contribution is -0.115. The van der Waals surface area contributed by atoms with Crippen molar-refractivity contribution in [2.45, 2.75) is 6.92 Å². The second-order valence-corrected chi connectivity index (χ2v) is 6.26. The first-order chi connectivity index (χ1) is 13.7. The molecule has 142 valence electrons. The van der Waals surface area contributed by atoms with Crippen molar-refractivity contribution in [1.82, 2.24) is 0 Å². The molecule has 0 saturated carbocycles.